The van der Waals surface area contributed by atoms with E-state index in [4.69, 9.17) is 0 Å². The molecule has 1 aromatic carbocycles. The van der Waals surface area contributed by atoms with Gasteiger partial charge in [0, 0.05) is 0 Å². The van der Waals surface area contributed by atoms with E-state index >= 15 is 0 Å². The van der Waals surface area contributed by atoms with Crippen LogP contribution in [0.3, 0.4) is 0 Å². The Labute approximate surface area is 85.8 Å². The largest absolute Gasteiger partial charge is 0.492 e. The van der Waals surface area contributed by atoms with E-state index in [0.29, 0.717) is 6.07 Å². The van der Waals surface area contributed by atoms with Crippen LogP contribution in [0.5, 0.6) is 5.75 Å². The molecule has 0 bridgehead atoms. The van der Waals surface area contributed by atoms with E-state index in [1.165, 1.54) is 7.11 Å². The minimum absolute atomic E-state index is 0.0627. The molecular formula is C8H5BrF4O. The zero-order chi connectivity index (χ0) is 10.9. The Balaban J connectivity index is 3.28. The first kappa shape index (κ1) is 11.3. The molecule has 1 aromatic rings. The Morgan fingerprint density at radius 3 is 2.21 bits per heavy atom. The number of rotatable bonds is 1. The minimum Gasteiger partial charge on any atom is -0.492 e. The lowest BCUT2D eigenvalue weighted by molar-refractivity contribution is -0.137. The molecule has 0 aliphatic carbocycles. The molecule has 1 nitrogen and oxygen atoms in total. The Bertz CT molecular complexity index is 325. The summed E-state index contributed by atoms with van der Waals surface area (Å²) in [6.07, 6.45) is -4.56. The van der Waals surface area contributed by atoms with Gasteiger partial charge in [0.05, 0.1) is 17.1 Å². The van der Waals surface area contributed by atoms with Gasteiger partial charge in [-0.2, -0.15) is 13.2 Å². The Kier molecular flexibility index (Phi) is 3.04. The highest BCUT2D eigenvalue weighted by atomic mass is 79.9. The van der Waals surface area contributed by atoms with Gasteiger partial charge in [0.1, 0.15) is 0 Å². The van der Waals surface area contributed by atoms with Crippen molar-refractivity contribution >= 4 is 15.9 Å². The van der Waals surface area contributed by atoms with Gasteiger partial charge in [-0.15, -0.1) is 0 Å². The molecule has 14 heavy (non-hydrogen) atoms. The number of hydrogen-bond donors (Lipinski definition) is 0. The molecule has 0 radical (unpaired) electrons. The normalized spacial score (nSPS) is 11.6. The average Bonchev–Trinajstić information content (AvgIpc) is 2.01. The first-order chi connectivity index (χ1) is 6.36. The molecule has 0 saturated carbocycles. The van der Waals surface area contributed by atoms with E-state index in [0.717, 1.165) is 6.07 Å². The van der Waals surface area contributed by atoms with E-state index in [-0.39, 0.29) is 10.2 Å². The van der Waals surface area contributed by atoms with Crippen LogP contribution >= 0.6 is 15.9 Å². The molecule has 0 N–H and O–H groups in total. The van der Waals surface area contributed by atoms with E-state index in [2.05, 4.69) is 20.7 Å². The number of methoxy groups -OCH3 is 1. The summed E-state index contributed by atoms with van der Waals surface area (Å²) < 4.78 is 53.9. The summed E-state index contributed by atoms with van der Waals surface area (Å²) in [5.74, 6) is -1.28. The van der Waals surface area contributed by atoms with Gasteiger partial charge in [0.2, 0.25) is 0 Å². The van der Waals surface area contributed by atoms with Gasteiger partial charge in [-0.1, -0.05) is 0 Å². The number of ether oxygens (including phenoxy) is 1. The van der Waals surface area contributed by atoms with Crippen LogP contribution in [0.25, 0.3) is 0 Å². The minimum atomic E-state index is -4.56. The topological polar surface area (TPSA) is 9.23 Å². The van der Waals surface area contributed by atoms with Crippen LogP contribution in [0.2, 0.25) is 0 Å². The smallest absolute Gasteiger partial charge is 0.416 e. The van der Waals surface area contributed by atoms with Crippen LogP contribution in [0.15, 0.2) is 16.6 Å². The molecule has 0 heterocycles. The lowest BCUT2D eigenvalue weighted by Gasteiger charge is -2.10. The fraction of sp³-hybridized carbons (Fsp3) is 0.250. The summed E-state index contributed by atoms with van der Waals surface area (Å²) in [5, 5.41) is 0. The van der Waals surface area contributed by atoms with Crippen molar-refractivity contribution in [2.45, 2.75) is 6.18 Å². The zero-order valence-corrected chi connectivity index (χ0v) is 8.54. The second-order valence-corrected chi connectivity index (χ2v) is 3.33. The molecule has 0 amide bonds. The molecule has 78 valence electrons. The molecule has 0 aliphatic heterocycles. The molecule has 0 atom stereocenters. The summed E-state index contributed by atoms with van der Waals surface area (Å²) >= 11 is 2.79. The molecular weight excluding hydrogens is 268 g/mol. The second-order valence-electron chi connectivity index (χ2n) is 2.47. The molecule has 1 rings (SSSR count). The third-order valence-corrected chi connectivity index (χ3v) is 2.12. The first-order valence-electron chi connectivity index (χ1n) is 3.46. The summed E-state index contributed by atoms with van der Waals surface area (Å²) in [7, 11) is 1.18. The summed E-state index contributed by atoms with van der Waals surface area (Å²) in [6, 6.07) is 1.16. The molecule has 0 spiro atoms. The van der Waals surface area contributed by atoms with Gasteiger partial charge in [-0.3, -0.25) is 0 Å². The van der Waals surface area contributed by atoms with E-state index < -0.39 is 17.6 Å². The Morgan fingerprint density at radius 2 is 1.86 bits per heavy atom. The third-order valence-electron chi connectivity index (χ3n) is 1.53. The Morgan fingerprint density at radius 1 is 1.29 bits per heavy atom. The lowest BCUT2D eigenvalue weighted by atomic mass is 10.2. The van der Waals surface area contributed by atoms with Crippen LogP contribution in [-0.4, -0.2) is 7.11 Å². The van der Waals surface area contributed by atoms with Crippen molar-refractivity contribution in [2.75, 3.05) is 7.11 Å². The monoisotopic (exact) mass is 272 g/mol. The highest BCUT2D eigenvalue weighted by molar-refractivity contribution is 9.10. The average molecular weight is 273 g/mol. The third kappa shape index (κ3) is 2.17. The molecule has 0 fully saturated rings. The predicted octanol–water partition coefficient (Wildman–Crippen LogP) is 3.62. The maximum atomic E-state index is 13.0. The zero-order valence-electron chi connectivity index (χ0n) is 6.95. The molecule has 6 heteroatoms. The van der Waals surface area contributed by atoms with Crippen molar-refractivity contribution in [3.8, 4) is 5.75 Å². The highest BCUT2D eigenvalue weighted by Crippen LogP contribution is 2.36. The number of benzene rings is 1. The standard InChI is InChI=1S/C8H5BrF4O/c1-14-7-5(9)2-4(3-6(7)10)8(11,12)13/h2-3H,1H3. The lowest BCUT2D eigenvalue weighted by Crippen LogP contribution is -2.06. The summed E-state index contributed by atoms with van der Waals surface area (Å²) in [6.45, 7) is 0. The number of halogens is 5. The van der Waals surface area contributed by atoms with E-state index in [1.54, 1.807) is 0 Å². The van der Waals surface area contributed by atoms with Crippen LogP contribution < -0.4 is 4.74 Å². The fourth-order valence-electron chi connectivity index (χ4n) is 0.919. The molecule has 0 saturated heterocycles. The van der Waals surface area contributed by atoms with Gasteiger partial charge in [0.25, 0.3) is 0 Å². The highest BCUT2D eigenvalue weighted by Gasteiger charge is 2.32. The summed E-state index contributed by atoms with van der Waals surface area (Å²) in [5.41, 5.74) is -1.05. The maximum Gasteiger partial charge on any atom is 0.416 e. The molecule has 0 unspecified atom stereocenters. The van der Waals surface area contributed by atoms with Gasteiger partial charge in [0.15, 0.2) is 11.6 Å². The first-order valence-corrected chi connectivity index (χ1v) is 4.25. The number of alkyl halides is 3. The van der Waals surface area contributed by atoms with E-state index in [1.807, 2.05) is 0 Å². The van der Waals surface area contributed by atoms with Gasteiger partial charge < -0.3 is 4.74 Å². The van der Waals surface area contributed by atoms with Crippen molar-refractivity contribution in [3.63, 3.8) is 0 Å². The maximum absolute atomic E-state index is 13.0. The van der Waals surface area contributed by atoms with Gasteiger partial charge in [-0.05, 0) is 28.1 Å². The van der Waals surface area contributed by atoms with Crippen molar-refractivity contribution in [3.05, 3.63) is 28.0 Å². The van der Waals surface area contributed by atoms with Gasteiger partial charge >= 0.3 is 6.18 Å². The SMILES string of the molecule is COc1c(F)cc(C(F)(F)F)cc1Br. The van der Waals surface area contributed by atoms with Crippen molar-refractivity contribution in [1.29, 1.82) is 0 Å². The quantitative estimate of drug-likeness (QED) is 0.710. The predicted molar refractivity (Wildman–Crippen MR) is 45.7 cm³/mol. The Hall–Kier alpha value is -0.780. The van der Waals surface area contributed by atoms with Crippen LogP contribution in [0.4, 0.5) is 17.6 Å². The van der Waals surface area contributed by atoms with Crippen LogP contribution in [0, 0.1) is 5.82 Å². The molecule has 0 aliphatic rings. The fourth-order valence-corrected chi connectivity index (χ4v) is 1.52. The van der Waals surface area contributed by atoms with Crippen molar-refractivity contribution in [2.24, 2.45) is 0 Å². The van der Waals surface area contributed by atoms with E-state index in [9.17, 15) is 17.6 Å². The molecule has 0 aromatic heterocycles. The second kappa shape index (κ2) is 3.76. The van der Waals surface area contributed by atoms with Crippen LogP contribution in [0.1, 0.15) is 5.56 Å². The number of hydrogen-bond acceptors (Lipinski definition) is 1. The summed E-state index contributed by atoms with van der Waals surface area (Å²) in [4.78, 5) is 0. The van der Waals surface area contributed by atoms with Gasteiger partial charge in [-0.25, -0.2) is 4.39 Å². The van der Waals surface area contributed by atoms with Crippen LogP contribution in [-0.2, 0) is 6.18 Å². The van der Waals surface area contributed by atoms with Crippen molar-refractivity contribution in [1.82, 2.24) is 0 Å². The van der Waals surface area contributed by atoms with Crippen molar-refractivity contribution < 1.29 is 22.3 Å².